The molecule has 0 atom stereocenters. The normalized spacial score (nSPS) is 1.00. The fourth-order valence-corrected chi connectivity index (χ4v) is 0. The van der Waals surface area contributed by atoms with Crippen LogP contribution in [0.2, 0.25) is 0 Å². The minimum absolute atomic E-state index is 0. The van der Waals surface area contributed by atoms with Gasteiger partial charge in [-0.15, -0.1) is 0 Å². The Morgan fingerprint density at radius 3 is 1.25 bits per heavy atom. The zero-order valence-electron chi connectivity index (χ0n) is 0.908. The Hall–Kier alpha value is 2.00. The summed E-state index contributed by atoms with van der Waals surface area (Å²) >= 11 is 0.300. The fourth-order valence-electron chi connectivity index (χ4n) is 0. The summed E-state index contributed by atoms with van der Waals surface area (Å²) in [5, 5.41) is 0. The monoisotopic (exact) mass is 284 g/mol. The molecular formula is H6AlInOSn. The van der Waals surface area contributed by atoms with Crippen molar-refractivity contribution in [2.45, 2.75) is 0 Å². The molecule has 0 amide bonds. The molecule has 1 nitrogen and oxygen atoms in total. The first-order valence-electron chi connectivity index (χ1n) is 0.204. The van der Waals surface area contributed by atoms with E-state index < -0.39 is 0 Å². The van der Waals surface area contributed by atoms with Crippen molar-refractivity contribution in [1.82, 2.24) is 0 Å². The molecule has 0 aliphatic carbocycles. The fraction of sp³-hybridized carbons (Fsp3) is 0. The second-order valence-corrected chi connectivity index (χ2v) is 0. The van der Waals surface area contributed by atoms with Crippen molar-refractivity contribution in [3.05, 3.63) is 0 Å². The number of hydrogen-bond acceptors (Lipinski definition) is 1. The maximum atomic E-state index is 8.34. The van der Waals surface area contributed by atoms with Crippen LogP contribution in [0.4, 0.5) is 0 Å². The molecule has 0 rings (SSSR count). The van der Waals surface area contributed by atoms with Gasteiger partial charge in [0.15, 0.2) is 17.4 Å². The molecular weight excluding hydrogens is 277 g/mol. The van der Waals surface area contributed by atoms with Gasteiger partial charge in [-0.1, -0.05) is 0 Å². The Morgan fingerprint density at radius 1 is 1.25 bits per heavy atom. The van der Waals surface area contributed by atoms with E-state index in [1.807, 2.05) is 0 Å². The molecule has 0 spiro atoms. The zero-order chi connectivity index (χ0) is 2.00. The van der Waals surface area contributed by atoms with Crippen molar-refractivity contribution in [2.75, 3.05) is 0 Å². The Labute approximate surface area is 67.9 Å². The van der Waals surface area contributed by atoms with Crippen molar-refractivity contribution in [3.63, 3.8) is 0 Å². The molecule has 0 aromatic carbocycles. The van der Waals surface area contributed by atoms with Gasteiger partial charge >= 0.3 is 51.4 Å². The molecule has 0 heterocycles. The molecule has 0 fully saturated rings. The van der Waals surface area contributed by atoms with Gasteiger partial charge in [-0.25, -0.2) is 0 Å². The van der Waals surface area contributed by atoms with Crippen LogP contribution in [0, 0.1) is 0 Å². The molecule has 0 N–H and O–H groups in total. The van der Waals surface area contributed by atoms with Gasteiger partial charge in [-0.05, 0) is 0 Å². The van der Waals surface area contributed by atoms with Gasteiger partial charge in [0.2, 0.25) is 0 Å². The van der Waals surface area contributed by atoms with Crippen LogP contribution in [0.25, 0.3) is 0 Å². The summed E-state index contributed by atoms with van der Waals surface area (Å²) in [6.45, 7) is 0. The molecule has 22 valence electrons. The van der Waals surface area contributed by atoms with Crippen molar-refractivity contribution in [3.8, 4) is 0 Å². The standard InChI is InChI=1S/Al.In.O.Sn.6H. The van der Waals surface area contributed by atoms with Crippen LogP contribution >= 0.6 is 0 Å². The average Bonchev–Trinajstić information content (AvgIpc) is 1.00. The first-order chi connectivity index (χ1) is 1.00. The third-order valence-electron chi connectivity index (χ3n) is 0. The van der Waals surface area contributed by atoms with Crippen molar-refractivity contribution < 1.29 is 3.08 Å². The molecule has 0 unspecified atom stereocenters. The summed E-state index contributed by atoms with van der Waals surface area (Å²) in [6, 6.07) is 0. The summed E-state index contributed by atoms with van der Waals surface area (Å²) in [4.78, 5) is 0. The van der Waals surface area contributed by atoms with E-state index in [2.05, 4.69) is 0 Å². The van der Waals surface area contributed by atoms with Gasteiger partial charge in [-0.3, -0.25) is 0 Å². The number of rotatable bonds is 0. The summed E-state index contributed by atoms with van der Waals surface area (Å²) in [5.41, 5.74) is 0. The summed E-state index contributed by atoms with van der Waals surface area (Å²) < 4.78 is 8.34. The predicted octanol–water partition coefficient (Wildman–Crippen LogP) is -2.87. The second-order valence-electron chi connectivity index (χ2n) is 0. The van der Waals surface area contributed by atoms with Gasteiger partial charge in [0, 0.05) is 0 Å². The Bertz CT molecular complexity index is 8.00. The summed E-state index contributed by atoms with van der Waals surface area (Å²) in [5.74, 6) is 0. The van der Waals surface area contributed by atoms with Crippen molar-refractivity contribution in [1.29, 1.82) is 0 Å². The Balaban J connectivity index is -0.00000000500. The zero-order valence-corrected chi connectivity index (χ0v) is 3.76. The quantitative estimate of drug-likeness (QED) is 0.437. The molecule has 0 aromatic rings. The number of hydrogen-bond donors (Lipinski definition) is 0. The van der Waals surface area contributed by atoms with Crippen molar-refractivity contribution >= 4 is 65.7 Å². The van der Waals surface area contributed by atoms with E-state index >= 15 is 0 Å². The third kappa shape index (κ3) is 9.00. The predicted molar refractivity (Wildman–Crippen MR) is 26.3 cm³/mol. The van der Waals surface area contributed by atoms with E-state index in [1.54, 1.807) is 0 Å². The third-order valence-corrected chi connectivity index (χ3v) is 0. The van der Waals surface area contributed by atoms with Crippen LogP contribution < -0.4 is 0 Å². The van der Waals surface area contributed by atoms with E-state index in [1.165, 1.54) is 0 Å². The molecule has 4 heteroatoms. The van der Waals surface area contributed by atoms with Crippen molar-refractivity contribution in [2.24, 2.45) is 0 Å². The van der Waals surface area contributed by atoms with Crippen LogP contribution in [-0.2, 0) is 3.08 Å². The molecule has 2 radical (unpaired) electrons. The van der Waals surface area contributed by atoms with Gasteiger partial charge in [0.05, 0.1) is 0 Å². The first kappa shape index (κ1) is 16.7. The van der Waals surface area contributed by atoms with Crippen LogP contribution in [-0.4, -0.2) is 65.7 Å². The van der Waals surface area contributed by atoms with Gasteiger partial charge < -0.3 is 0 Å². The van der Waals surface area contributed by atoms with E-state index in [0.29, 0.717) is 22.5 Å². The van der Waals surface area contributed by atoms with Crippen LogP contribution in [0.15, 0.2) is 0 Å². The van der Waals surface area contributed by atoms with E-state index in [9.17, 15) is 0 Å². The van der Waals surface area contributed by atoms with E-state index in [0.717, 1.165) is 0 Å². The minimum atomic E-state index is 0. The first-order valence-corrected chi connectivity index (χ1v) is 1.37. The summed E-state index contributed by atoms with van der Waals surface area (Å²) in [7, 11) is 0. The van der Waals surface area contributed by atoms with Crippen LogP contribution in [0.3, 0.4) is 0 Å². The second kappa shape index (κ2) is 20.0. The molecule has 0 aliphatic rings. The topological polar surface area (TPSA) is 17.1 Å². The van der Waals surface area contributed by atoms with Crippen LogP contribution in [0.1, 0.15) is 0 Å². The van der Waals surface area contributed by atoms with E-state index in [-0.39, 0.29) is 43.2 Å². The van der Waals surface area contributed by atoms with Gasteiger partial charge in [-0.2, -0.15) is 0 Å². The SMILES string of the molecule is [AlH3].[InH3].[O]=[Sn]. The molecule has 0 saturated heterocycles. The maximum absolute atomic E-state index is 8.34. The van der Waals surface area contributed by atoms with Gasteiger partial charge in [0.25, 0.3) is 0 Å². The molecule has 0 aliphatic heterocycles. The molecule has 0 aromatic heterocycles. The Kier molecular flexibility index (Phi) is 83.3. The van der Waals surface area contributed by atoms with Crippen LogP contribution in [0.5, 0.6) is 0 Å². The van der Waals surface area contributed by atoms with Gasteiger partial charge in [0.1, 0.15) is 0 Å². The molecule has 4 heavy (non-hydrogen) atoms. The molecule has 0 bridgehead atoms. The average molecular weight is 283 g/mol. The van der Waals surface area contributed by atoms with E-state index in [4.69, 9.17) is 3.08 Å². The Morgan fingerprint density at radius 2 is 1.25 bits per heavy atom. The summed E-state index contributed by atoms with van der Waals surface area (Å²) in [6.07, 6.45) is 0. The molecule has 0 saturated carbocycles.